The lowest BCUT2D eigenvalue weighted by molar-refractivity contribution is 0.401. The second-order valence-corrected chi connectivity index (χ2v) is 3.24. The van der Waals surface area contributed by atoms with Crippen molar-refractivity contribution in [1.29, 1.82) is 0 Å². The molecule has 0 aromatic heterocycles. The lowest BCUT2D eigenvalue weighted by Gasteiger charge is -2.01. The summed E-state index contributed by atoms with van der Waals surface area (Å²) in [6.45, 7) is 3.55. The molecule has 0 saturated heterocycles. The molecule has 11 heavy (non-hydrogen) atoms. The van der Waals surface area contributed by atoms with Gasteiger partial charge in [-0.3, -0.25) is 0 Å². The Morgan fingerprint density at radius 2 is 2.00 bits per heavy atom. The summed E-state index contributed by atoms with van der Waals surface area (Å²) in [5.41, 5.74) is 0.796. The van der Waals surface area contributed by atoms with Crippen molar-refractivity contribution in [2.24, 2.45) is 0 Å². The molecule has 1 rings (SSSR count). The fourth-order valence-corrected chi connectivity index (χ4v) is 1.36. The predicted octanol–water partition coefficient (Wildman–Crippen LogP) is 2.35. The monoisotopic (exact) mass is 262 g/mol. The maximum atomic E-state index is 9.13. The van der Waals surface area contributed by atoms with Crippen molar-refractivity contribution < 1.29 is 10.2 Å². The van der Waals surface area contributed by atoms with Crippen LogP contribution in [0.3, 0.4) is 0 Å². The molecule has 0 fully saturated rings. The van der Waals surface area contributed by atoms with Crippen LogP contribution in [0.4, 0.5) is 0 Å². The van der Waals surface area contributed by atoms with E-state index in [-0.39, 0.29) is 11.5 Å². The van der Waals surface area contributed by atoms with Crippen LogP contribution in [0.2, 0.25) is 0 Å². The van der Waals surface area contributed by atoms with Crippen molar-refractivity contribution >= 4 is 28.7 Å². The van der Waals surface area contributed by atoms with E-state index in [1.54, 1.807) is 12.1 Å². The molecule has 0 bridgehead atoms. The summed E-state index contributed by atoms with van der Waals surface area (Å²) in [5.74, 6) is -0.178. The minimum Gasteiger partial charge on any atom is -0.504 e. The number of hydrogen-bond acceptors (Lipinski definition) is 2. The number of phenolic OH excluding ortho intramolecular Hbond substituents is 2. The van der Waals surface area contributed by atoms with Gasteiger partial charge in [0.05, 0.1) is 3.57 Å². The number of halogens is 1. The first kappa shape index (κ1) is 8.39. The van der Waals surface area contributed by atoms with E-state index in [1.807, 2.05) is 22.6 Å². The summed E-state index contributed by atoms with van der Waals surface area (Å²) in [6.07, 6.45) is 1.61. The molecule has 0 saturated carbocycles. The Kier molecular flexibility index (Phi) is 2.38. The Labute approximate surface area is 78.3 Å². The van der Waals surface area contributed by atoms with Crippen LogP contribution >= 0.6 is 22.6 Å². The van der Waals surface area contributed by atoms with Gasteiger partial charge < -0.3 is 10.2 Å². The van der Waals surface area contributed by atoms with Crippen LogP contribution in [0.25, 0.3) is 6.08 Å². The fourth-order valence-electron chi connectivity index (χ4n) is 0.723. The molecular weight excluding hydrogens is 255 g/mol. The van der Waals surface area contributed by atoms with E-state index < -0.39 is 0 Å². The zero-order valence-electron chi connectivity index (χ0n) is 5.71. The Balaban J connectivity index is 3.31. The van der Waals surface area contributed by atoms with E-state index in [9.17, 15) is 0 Å². The van der Waals surface area contributed by atoms with Crippen LogP contribution in [0.5, 0.6) is 11.5 Å². The van der Waals surface area contributed by atoms with Gasteiger partial charge in [0.15, 0.2) is 11.5 Å². The average molecular weight is 262 g/mol. The van der Waals surface area contributed by atoms with Crippen LogP contribution in [0, 0.1) is 3.57 Å². The highest BCUT2D eigenvalue weighted by molar-refractivity contribution is 14.1. The first-order valence-corrected chi connectivity index (χ1v) is 4.07. The average Bonchev–Trinajstić information content (AvgIpc) is 1.99. The summed E-state index contributed by atoms with van der Waals surface area (Å²) in [7, 11) is 0. The molecule has 0 aliphatic carbocycles. The molecule has 0 aliphatic rings. The Hall–Kier alpha value is -0.710. The summed E-state index contributed by atoms with van der Waals surface area (Å²) in [6, 6.07) is 3.20. The predicted molar refractivity (Wildman–Crippen MR) is 52.6 cm³/mol. The van der Waals surface area contributed by atoms with Gasteiger partial charge in [0.1, 0.15) is 0 Å². The van der Waals surface area contributed by atoms with Crippen LogP contribution in [0.15, 0.2) is 18.7 Å². The Morgan fingerprint density at radius 1 is 1.36 bits per heavy atom. The number of rotatable bonds is 1. The van der Waals surface area contributed by atoms with E-state index in [2.05, 4.69) is 6.58 Å². The van der Waals surface area contributed by atoms with Gasteiger partial charge in [0, 0.05) is 0 Å². The van der Waals surface area contributed by atoms with Gasteiger partial charge in [-0.15, -0.1) is 0 Å². The van der Waals surface area contributed by atoms with Crippen molar-refractivity contribution in [3.05, 3.63) is 27.8 Å². The van der Waals surface area contributed by atoms with Crippen molar-refractivity contribution in [2.75, 3.05) is 0 Å². The largest absolute Gasteiger partial charge is 0.504 e. The Morgan fingerprint density at radius 3 is 2.45 bits per heavy atom. The molecule has 0 atom stereocenters. The summed E-state index contributed by atoms with van der Waals surface area (Å²) >= 11 is 1.94. The minimum absolute atomic E-state index is 0.0730. The van der Waals surface area contributed by atoms with Gasteiger partial charge in [-0.1, -0.05) is 12.7 Å². The number of benzene rings is 1. The first-order valence-electron chi connectivity index (χ1n) is 2.99. The van der Waals surface area contributed by atoms with Crippen molar-refractivity contribution in [3.8, 4) is 11.5 Å². The minimum atomic E-state index is -0.105. The summed E-state index contributed by atoms with van der Waals surface area (Å²) in [4.78, 5) is 0. The lowest BCUT2D eigenvalue weighted by Crippen LogP contribution is -1.78. The standard InChI is InChI=1S/C8H7IO2/c1-2-5-3-6(9)8(11)7(10)4-5/h2-4,10-11H,1H2. The normalized spacial score (nSPS) is 9.55. The van der Waals surface area contributed by atoms with Gasteiger partial charge in [0.2, 0.25) is 0 Å². The maximum Gasteiger partial charge on any atom is 0.171 e. The SMILES string of the molecule is C=Cc1cc(O)c(O)c(I)c1. The van der Waals surface area contributed by atoms with E-state index in [0.717, 1.165) is 5.56 Å². The van der Waals surface area contributed by atoms with E-state index in [1.165, 1.54) is 6.07 Å². The molecule has 2 nitrogen and oxygen atoms in total. The first-order chi connectivity index (χ1) is 5.15. The topological polar surface area (TPSA) is 40.5 Å². The highest BCUT2D eigenvalue weighted by Crippen LogP contribution is 2.31. The van der Waals surface area contributed by atoms with Gasteiger partial charge in [-0.05, 0) is 40.3 Å². The molecule has 1 aromatic carbocycles. The van der Waals surface area contributed by atoms with Crippen LogP contribution in [0.1, 0.15) is 5.56 Å². The van der Waals surface area contributed by atoms with Gasteiger partial charge in [-0.2, -0.15) is 0 Å². The number of phenols is 2. The number of aromatic hydroxyl groups is 2. The van der Waals surface area contributed by atoms with Gasteiger partial charge in [0.25, 0.3) is 0 Å². The molecule has 0 amide bonds. The Bertz CT molecular complexity index is 271. The third-order valence-corrected chi connectivity index (χ3v) is 2.12. The molecule has 0 heterocycles. The van der Waals surface area contributed by atoms with E-state index in [0.29, 0.717) is 3.57 Å². The summed E-state index contributed by atoms with van der Waals surface area (Å²) < 4.78 is 0.623. The highest BCUT2D eigenvalue weighted by atomic mass is 127. The van der Waals surface area contributed by atoms with Crippen molar-refractivity contribution in [2.45, 2.75) is 0 Å². The molecule has 0 aliphatic heterocycles. The second kappa shape index (κ2) is 3.13. The quantitative estimate of drug-likeness (QED) is 0.602. The molecule has 0 unspecified atom stereocenters. The smallest absolute Gasteiger partial charge is 0.171 e. The van der Waals surface area contributed by atoms with E-state index >= 15 is 0 Å². The molecule has 58 valence electrons. The third kappa shape index (κ3) is 1.65. The molecule has 0 spiro atoms. The van der Waals surface area contributed by atoms with Crippen LogP contribution in [-0.2, 0) is 0 Å². The molecule has 1 aromatic rings. The highest BCUT2D eigenvalue weighted by Gasteiger charge is 2.03. The maximum absolute atomic E-state index is 9.13. The molecule has 0 radical (unpaired) electrons. The van der Waals surface area contributed by atoms with Crippen molar-refractivity contribution in [1.82, 2.24) is 0 Å². The zero-order valence-corrected chi connectivity index (χ0v) is 7.87. The second-order valence-electron chi connectivity index (χ2n) is 2.07. The summed E-state index contributed by atoms with van der Waals surface area (Å²) in [5, 5.41) is 18.2. The molecule has 3 heteroatoms. The zero-order chi connectivity index (χ0) is 8.43. The van der Waals surface area contributed by atoms with E-state index in [4.69, 9.17) is 10.2 Å². The molecular formula is C8H7IO2. The van der Waals surface area contributed by atoms with Crippen molar-refractivity contribution in [3.63, 3.8) is 0 Å². The van der Waals surface area contributed by atoms with Crippen LogP contribution < -0.4 is 0 Å². The molecule has 2 N–H and O–H groups in total. The number of hydrogen-bond donors (Lipinski definition) is 2. The van der Waals surface area contributed by atoms with Gasteiger partial charge >= 0.3 is 0 Å². The lowest BCUT2D eigenvalue weighted by atomic mass is 10.2. The fraction of sp³-hybridized carbons (Fsp3) is 0. The third-order valence-electron chi connectivity index (χ3n) is 1.30. The van der Waals surface area contributed by atoms with Gasteiger partial charge in [-0.25, -0.2) is 0 Å². The van der Waals surface area contributed by atoms with Crippen LogP contribution in [-0.4, -0.2) is 10.2 Å².